The van der Waals surface area contributed by atoms with Crippen LogP contribution in [0.2, 0.25) is 0 Å². The van der Waals surface area contributed by atoms with Crippen molar-refractivity contribution < 1.29 is 11.0 Å². The molecule has 1 fully saturated rings. The molecule has 1 saturated heterocycles. The van der Waals surface area contributed by atoms with E-state index in [0.29, 0.717) is 6.61 Å². The monoisotopic (exact) mass is 258 g/mol. The van der Waals surface area contributed by atoms with E-state index in [2.05, 4.69) is 10.9 Å². The van der Waals surface area contributed by atoms with Crippen molar-refractivity contribution in [2.75, 3.05) is 13.2 Å². The van der Waals surface area contributed by atoms with Crippen molar-refractivity contribution in [3.63, 3.8) is 0 Å². The van der Waals surface area contributed by atoms with Gasteiger partial charge in [0.25, 0.3) is 0 Å². The lowest BCUT2D eigenvalue weighted by molar-refractivity contribution is -0.150. The smallest absolute Gasteiger partial charge is 0.324 e. The molecule has 0 aromatic rings. The fourth-order valence-electron chi connectivity index (χ4n) is 1.23. The van der Waals surface area contributed by atoms with Crippen LogP contribution in [0, 0.1) is 5.41 Å². The van der Waals surface area contributed by atoms with Crippen molar-refractivity contribution in [1.82, 2.24) is 10.9 Å². The van der Waals surface area contributed by atoms with E-state index in [4.69, 9.17) is 4.74 Å². The van der Waals surface area contributed by atoms with Crippen LogP contribution in [0.15, 0.2) is 12.2 Å². The summed E-state index contributed by atoms with van der Waals surface area (Å²) in [5, 5.41) is 0. The highest BCUT2D eigenvalue weighted by Crippen LogP contribution is 2.14. The average Bonchev–Trinajstić information content (AvgIpc) is 2.36. The fourth-order valence-corrected chi connectivity index (χ4v) is 1.23. The molecule has 0 amide bonds. The van der Waals surface area contributed by atoms with Crippen LogP contribution in [0.5, 0.6) is 0 Å². The summed E-state index contributed by atoms with van der Waals surface area (Å²) in [6, 6.07) is -0.175. The molecule has 0 spiro atoms. The summed E-state index contributed by atoms with van der Waals surface area (Å²) in [6.07, 6.45) is 5.87. The summed E-state index contributed by atoms with van der Waals surface area (Å²) >= 11 is 0. The Morgan fingerprint density at radius 2 is 2.00 bits per heavy atom. The summed E-state index contributed by atoms with van der Waals surface area (Å²) in [4.78, 5) is 11.5. The largest absolute Gasteiger partial charge is 0.464 e. The van der Waals surface area contributed by atoms with Crippen LogP contribution in [0.25, 0.3) is 0 Å². The van der Waals surface area contributed by atoms with E-state index < -0.39 is 0 Å². The minimum atomic E-state index is -0.175. The van der Waals surface area contributed by atoms with Crippen LogP contribution in [0.3, 0.4) is 0 Å². The van der Waals surface area contributed by atoms with Gasteiger partial charge in [-0.1, -0.05) is 32.9 Å². The lowest BCUT2D eigenvalue weighted by Crippen LogP contribution is -2.50. The number of hydrogen-bond donors (Lipinski definition) is 2. The molecule has 108 valence electrons. The Hall–Kier alpha value is -0.870. The standard InChI is InChI=1S/C10H20N2O2.C4H8.H2/c1-10(2,3)7-14-9(13)8-5-4-6-11-12-8;1-3-4-2;/h8,11-12H,4-7H2,1-3H3;3-4H,1-2H3;1H/b;4-3+;/t8-;;/m0../s1. The molecule has 0 bridgehead atoms. The van der Waals surface area contributed by atoms with E-state index >= 15 is 0 Å². The fraction of sp³-hybridized carbons (Fsp3) is 0.786. The van der Waals surface area contributed by atoms with Crippen LogP contribution in [-0.2, 0) is 9.53 Å². The van der Waals surface area contributed by atoms with Crippen molar-refractivity contribution in [2.24, 2.45) is 5.41 Å². The zero-order valence-corrected chi connectivity index (χ0v) is 12.4. The third kappa shape index (κ3) is 9.19. The number of esters is 1. The van der Waals surface area contributed by atoms with Gasteiger partial charge in [0.1, 0.15) is 6.04 Å². The predicted octanol–water partition coefficient (Wildman–Crippen LogP) is 2.66. The Morgan fingerprint density at radius 1 is 1.39 bits per heavy atom. The molecule has 2 N–H and O–H groups in total. The maximum absolute atomic E-state index is 11.5. The van der Waals surface area contributed by atoms with Gasteiger partial charge in [-0.05, 0) is 32.1 Å². The van der Waals surface area contributed by atoms with Gasteiger partial charge in [0.15, 0.2) is 0 Å². The van der Waals surface area contributed by atoms with Crippen LogP contribution in [0.4, 0.5) is 0 Å². The van der Waals surface area contributed by atoms with Crippen LogP contribution < -0.4 is 10.9 Å². The van der Waals surface area contributed by atoms with Gasteiger partial charge in [-0.2, -0.15) is 0 Å². The second-order valence-corrected chi connectivity index (χ2v) is 5.60. The highest BCUT2D eigenvalue weighted by atomic mass is 16.5. The first-order valence-corrected chi connectivity index (χ1v) is 6.63. The summed E-state index contributed by atoms with van der Waals surface area (Å²) in [5.41, 5.74) is 5.93. The Morgan fingerprint density at radius 3 is 2.39 bits per heavy atom. The molecule has 1 atom stereocenters. The van der Waals surface area contributed by atoms with E-state index in [1.54, 1.807) is 0 Å². The van der Waals surface area contributed by atoms with E-state index in [-0.39, 0.29) is 18.9 Å². The highest BCUT2D eigenvalue weighted by Gasteiger charge is 2.23. The van der Waals surface area contributed by atoms with E-state index in [1.807, 2.05) is 46.8 Å². The molecular formula is C14H30N2O2. The van der Waals surface area contributed by atoms with Gasteiger partial charge in [0.05, 0.1) is 6.61 Å². The molecule has 1 aliphatic rings. The summed E-state index contributed by atoms with van der Waals surface area (Å²) in [5.74, 6) is -0.146. The van der Waals surface area contributed by atoms with Gasteiger partial charge in [-0.3, -0.25) is 10.2 Å². The Balaban J connectivity index is 0. The molecular weight excluding hydrogens is 228 g/mol. The van der Waals surface area contributed by atoms with Crippen molar-refractivity contribution in [2.45, 2.75) is 53.5 Å². The number of carbonyl (C=O) groups is 1. The number of rotatable bonds is 2. The van der Waals surface area contributed by atoms with Gasteiger partial charge >= 0.3 is 5.97 Å². The second kappa shape index (κ2) is 9.11. The predicted molar refractivity (Wildman–Crippen MR) is 77.2 cm³/mol. The summed E-state index contributed by atoms with van der Waals surface area (Å²) in [7, 11) is 0. The number of nitrogens with one attached hydrogen (secondary N) is 2. The quantitative estimate of drug-likeness (QED) is 0.590. The van der Waals surface area contributed by atoms with Crippen LogP contribution in [0.1, 0.15) is 48.9 Å². The minimum Gasteiger partial charge on any atom is -0.464 e. The third-order valence-corrected chi connectivity index (χ3v) is 2.34. The first kappa shape index (κ1) is 17.1. The molecule has 1 rings (SSSR count). The van der Waals surface area contributed by atoms with Gasteiger partial charge in [-0.25, -0.2) is 5.43 Å². The number of allylic oxidation sites excluding steroid dienone is 2. The zero-order valence-electron chi connectivity index (χ0n) is 12.4. The third-order valence-electron chi connectivity index (χ3n) is 2.34. The van der Waals surface area contributed by atoms with Gasteiger partial charge in [-0.15, -0.1) is 0 Å². The number of ether oxygens (including phenoxy) is 1. The summed E-state index contributed by atoms with van der Waals surface area (Å²) < 4.78 is 5.20. The number of hydrogen-bond acceptors (Lipinski definition) is 4. The van der Waals surface area contributed by atoms with Crippen molar-refractivity contribution in [3.8, 4) is 0 Å². The van der Waals surface area contributed by atoms with Gasteiger partial charge in [0, 0.05) is 7.97 Å². The molecule has 1 heterocycles. The van der Waals surface area contributed by atoms with Crippen molar-refractivity contribution >= 4 is 5.97 Å². The average molecular weight is 258 g/mol. The SMILES string of the molecule is C/C=C/C.CC(C)(C)COC(=O)[C@@H]1CCCNN1.[HH]. The lowest BCUT2D eigenvalue weighted by atomic mass is 9.98. The van der Waals surface area contributed by atoms with Crippen LogP contribution in [-0.4, -0.2) is 25.2 Å². The second-order valence-electron chi connectivity index (χ2n) is 5.60. The molecule has 18 heavy (non-hydrogen) atoms. The first-order chi connectivity index (χ1) is 8.40. The Labute approximate surface area is 113 Å². The van der Waals surface area contributed by atoms with E-state index in [0.717, 1.165) is 19.4 Å². The molecule has 0 aliphatic carbocycles. The molecule has 1 aliphatic heterocycles. The molecule has 0 saturated carbocycles. The van der Waals surface area contributed by atoms with Gasteiger partial charge < -0.3 is 4.74 Å². The van der Waals surface area contributed by atoms with Crippen molar-refractivity contribution in [1.29, 1.82) is 0 Å². The maximum atomic E-state index is 11.5. The molecule has 0 aromatic carbocycles. The zero-order chi connectivity index (χ0) is 14.0. The topological polar surface area (TPSA) is 50.4 Å². The first-order valence-electron chi connectivity index (χ1n) is 6.63. The minimum absolute atomic E-state index is 0. The van der Waals surface area contributed by atoms with Gasteiger partial charge in [0.2, 0.25) is 0 Å². The van der Waals surface area contributed by atoms with E-state index in [9.17, 15) is 4.79 Å². The normalized spacial score (nSPS) is 20.2. The molecule has 0 aromatic heterocycles. The van der Waals surface area contributed by atoms with E-state index in [1.165, 1.54) is 0 Å². The lowest BCUT2D eigenvalue weighted by Gasteiger charge is -2.25. The van der Waals surface area contributed by atoms with Crippen LogP contribution >= 0.6 is 0 Å². The molecule has 4 heteroatoms. The Bertz CT molecular complexity index is 253. The van der Waals surface area contributed by atoms with Crippen molar-refractivity contribution in [3.05, 3.63) is 12.2 Å². The number of carbonyl (C=O) groups excluding carboxylic acids is 1. The molecule has 0 radical (unpaired) electrons. The Kier molecular flexibility index (Phi) is 8.67. The summed E-state index contributed by atoms with van der Waals surface area (Å²) in [6.45, 7) is 11.5. The molecule has 0 unspecified atom stereocenters. The number of hydrazine groups is 1. The molecule has 4 nitrogen and oxygen atoms in total. The maximum Gasteiger partial charge on any atom is 0.324 e. The highest BCUT2D eigenvalue weighted by molar-refractivity contribution is 5.75.